The van der Waals surface area contributed by atoms with E-state index in [1.165, 1.54) is 0 Å². The van der Waals surface area contributed by atoms with Crippen LogP contribution in [0.15, 0.2) is 49.1 Å². The maximum Gasteiger partial charge on any atom is 0.160 e. The average Bonchev–Trinajstić information content (AvgIpc) is 2.98. The smallest absolute Gasteiger partial charge is 0.160 e. The molecule has 6 heteroatoms. The van der Waals surface area contributed by atoms with Gasteiger partial charge in [0.1, 0.15) is 6.33 Å². The second-order valence-corrected chi connectivity index (χ2v) is 4.74. The minimum absolute atomic E-state index is 0.661. The summed E-state index contributed by atoms with van der Waals surface area (Å²) >= 11 is 6.09. The number of aryl methyl sites for hydroxylation is 1. The fourth-order valence-electron chi connectivity index (χ4n) is 1.74. The summed E-state index contributed by atoms with van der Waals surface area (Å²) in [5.41, 5.74) is 1.92. The van der Waals surface area contributed by atoms with Gasteiger partial charge in [-0.25, -0.2) is 4.98 Å². The van der Waals surface area contributed by atoms with Crippen LogP contribution in [-0.4, -0.2) is 19.7 Å². The van der Waals surface area contributed by atoms with E-state index in [-0.39, 0.29) is 0 Å². The van der Waals surface area contributed by atoms with E-state index in [1.54, 1.807) is 17.1 Å². The molecule has 0 saturated heterocycles. The van der Waals surface area contributed by atoms with E-state index in [2.05, 4.69) is 20.5 Å². The Morgan fingerprint density at radius 2 is 2.05 bits per heavy atom. The van der Waals surface area contributed by atoms with Gasteiger partial charge in [-0.3, -0.25) is 4.57 Å². The molecule has 20 heavy (non-hydrogen) atoms. The summed E-state index contributed by atoms with van der Waals surface area (Å²) in [6.07, 6.45) is 5.19. The molecule has 100 valence electrons. The predicted molar refractivity (Wildman–Crippen MR) is 78.6 cm³/mol. The van der Waals surface area contributed by atoms with Crippen LogP contribution < -0.4 is 5.32 Å². The van der Waals surface area contributed by atoms with Crippen molar-refractivity contribution in [3.8, 4) is 5.82 Å². The van der Waals surface area contributed by atoms with Crippen LogP contribution in [0, 0.1) is 6.92 Å². The third kappa shape index (κ3) is 2.62. The Balaban J connectivity index is 1.79. The molecular formula is C14H12ClN5. The van der Waals surface area contributed by atoms with Gasteiger partial charge in [-0.2, -0.15) is 0 Å². The number of hydrogen-bond acceptors (Lipinski definition) is 4. The number of nitrogens with one attached hydrogen (secondary N) is 1. The number of benzene rings is 1. The van der Waals surface area contributed by atoms with Crippen LogP contribution in [0.5, 0.6) is 0 Å². The normalized spacial score (nSPS) is 10.5. The molecule has 2 aromatic heterocycles. The number of hydrogen-bond donors (Lipinski definition) is 1. The minimum Gasteiger partial charge on any atom is -0.339 e. The van der Waals surface area contributed by atoms with Crippen molar-refractivity contribution in [2.24, 2.45) is 0 Å². The first-order chi connectivity index (χ1) is 9.72. The first-order valence-corrected chi connectivity index (χ1v) is 6.45. The molecule has 0 amide bonds. The van der Waals surface area contributed by atoms with Crippen LogP contribution in [0.4, 0.5) is 11.5 Å². The monoisotopic (exact) mass is 285 g/mol. The summed E-state index contributed by atoms with van der Waals surface area (Å²) in [7, 11) is 0. The molecule has 0 unspecified atom stereocenters. The molecule has 0 aliphatic heterocycles. The Hall–Kier alpha value is -2.40. The molecule has 0 spiro atoms. The van der Waals surface area contributed by atoms with Gasteiger partial charge in [0.2, 0.25) is 0 Å². The fourth-order valence-corrected chi connectivity index (χ4v) is 1.92. The lowest BCUT2D eigenvalue weighted by molar-refractivity contribution is 0.916. The third-order valence-electron chi connectivity index (χ3n) is 2.86. The van der Waals surface area contributed by atoms with Crippen LogP contribution in [-0.2, 0) is 0 Å². The van der Waals surface area contributed by atoms with Crippen molar-refractivity contribution in [2.45, 2.75) is 6.92 Å². The molecule has 0 aliphatic rings. The summed E-state index contributed by atoms with van der Waals surface area (Å²) in [5, 5.41) is 12.1. The number of aromatic nitrogens is 4. The van der Waals surface area contributed by atoms with Crippen molar-refractivity contribution in [2.75, 3.05) is 5.32 Å². The van der Waals surface area contributed by atoms with Crippen LogP contribution in [0.1, 0.15) is 5.56 Å². The zero-order valence-corrected chi connectivity index (χ0v) is 11.5. The Kier molecular flexibility index (Phi) is 3.35. The Morgan fingerprint density at radius 3 is 2.70 bits per heavy atom. The topological polar surface area (TPSA) is 55.6 Å². The summed E-state index contributed by atoms with van der Waals surface area (Å²) in [5.74, 6) is 1.38. The molecule has 5 nitrogen and oxygen atoms in total. The van der Waals surface area contributed by atoms with E-state index >= 15 is 0 Å². The lowest BCUT2D eigenvalue weighted by atomic mass is 10.2. The van der Waals surface area contributed by atoms with Gasteiger partial charge < -0.3 is 5.32 Å². The third-order valence-corrected chi connectivity index (χ3v) is 3.27. The van der Waals surface area contributed by atoms with Crippen LogP contribution in [0.2, 0.25) is 5.02 Å². The zero-order chi connectivity index (χ0) is 13.9. The van der Waals surface area contributed by atoms with Crippen molar-refractivity contribution >= 4 is 23.1 Å². The van der Waals surface area contributed by atoms with Gasteiger partial charge in [0.25, 0.3) is 0 Å². The van der Waals surface area contributed by atoms with E-state index in [9.17, 15) is 0 Å². The molecule has 3 aromatic rings. The van der Waals surface area contributed by atoms with Crippen LogP contribution in [0.3, 0.4) is 0 Å². The largest absolute Gasteiger partial charge is 0.339 e. The molecule has 0 atom stereocenters. The second kappa shape index (κ2) is 5.30. The summed E-state index contributed by atoms with van der Waals surface area (Å²) < 4.78 is 1.79. The zero-order valence-electron chi connectivity index (χ0n) is 10.8. The first kappa shape index (κ1) is 12.6. The first-order valence-electron chi connectivity index (χ1n) is 6.07. The molecule has 1 N–H and O–H groups in total. The lowest BCUT2D eigenvalue weighted by Gasteiger charge is -2.07. The minimum atomic E-state index is 0.661. The van der Waals surface area contributed by atoms with E-state index in [4.69, 9.17) is 11.6 Å². The molecule has 0 fully saturated rings. The summed E-state index contributed by atoms with van der Waals surface area (Å²) in [4.78, 5) is 3.97. The molecule has 0 aliphatic carbocycles. The Bertz CT molecular complexity index is 707. The maximum atomic E-state index is 6.09. The maximum absolute atomic E-state index is 6.09. The van der Waals surface area contributed by atoms with Gasteiger partial charge in [-0.1, -0.05) is 17.7 Å². The van der Waals surface area contributed by atoms with Gasteiger partial charge in [0.05, 0.1) is 0 Å². The fraction of sp³-hybridized carbons (Fsp3) is 0.0714. The quantitative estimate of drug-likeness (QED) is 0.801. The number of anilines is 2. The van der Waals surface area contributed by atoms with Gasteiger partial charge >= 0.3 is 0 Å². The molecule has 2 heterocycles. The summed E-state index contributed by atoms with van der Waals surface area (Å²) in [6, 6.07) is 9.50. The van der Waals surface area contributed by atoms with Gasteiger partial charge in [0.15, 0.2) is 11.6 Å². The molecule has 0 bridgehead atoms. The number of nitrogens with zero attached hydrogens (tertiary/aromatic N) is 4. The highest BCUT2D eigenvalue weighted by Crippen LogP contribution is 2.22. The number of imidazole rings is 1. The Labute approximate surface area is 121 Å². The SMILES string of the molecule is Cc1ccc(Nc2ccc(-n3ccnc3)nn2)cc1Cl. The van der Waals surface area contributed by atoms with E-state index < -0.39 is 0 Å². The van der Waals surface area contributed by atoms with Gasteiger partial charge in [-0.05, 0) is 36.8 Å². The van der Waals surface area contributed by atoms with Crippen LogP contribution >= 0.6 is 11.6 Å². The van der Waals surface area contributed by atoms with Crippen molar-refractivity contribution in [3.63, 3.8) is 0 Å². The van der Waals surface area contributed by atoms with Crippen molar-refractivity contribution in [1.29, 1.82) is 0 Å². The highest BCUT2D eigenvalue weighted by Gasteiger charge is 2.02. The predicted octanol–water partition coefficient (Wildman–Crippen LogP) is 3.37. The molecular weight excluding hydrogens is 274 g/mol. The van der Waals surface area contributed by atoms with Crippen molar-refractivity contribution < 1.29 is 0 Å². The summed E-state index contributed by atoms with van der Waals surface area (Å²) in [6.45, 7) is 1.96. The Morgan fingerprint density at radius 1 is 1.15 bits per heavy atom. The highest BCUT2D eigenvalue weighted by atomic mass is 35.5. The molecule has 1 aromatic carbocycles. The highest BCUT2D eigenvalue weighted by molar-refractivity contribution is 6.31. The van der Waals surface area contributed by atoms with Crippen molar-refractivity contribution in [3.05, 3.63) is 59.6 Å². The number of halogens is 1. The second-order valence-electron chi connectivity index (χ2n) is 4.34. The molecule has 0 radical (unpaired) electrons. The van der Waals surface area contributed by atoms with Gasteiger partial charge in [0, 0.05) is 23.1 Å². The lowest BCUT2D eigenvalue weighted by Crippen LogP contribution is -2.00. The van der Waals surface area contributed by atoms with Crippen molar-refractivity contribution in [1.82, 2.24) is 19.7 Å². The standard InChI is InChI=1S/C14H12ClN5/c1-10-2-3-11(8-12(10)15)17-13-4-5-14(19-18-13)20-7-6-16-9-20/h2-9H,1H3,(H,17,18). The average molecular weight is 286 g/mol. The molecule has 3 rings (SSSR count). The van der Waals surface area contributed by atoms with E-state index in [0.717, 1.165) is 22.1 Å². The van der Waals surface area contributed by atoms with Crippen LogP contribution in [0.25, 0.3) is 5.82 Å². The number of rotatable bonds is 3. The van der Waals surface area contributed by atoms with Gasteiger partial charge in [-0.15, -0.1) is 10.2 Å². The van der Waals surface area contributed by atoms with E-state index in [1.807, 2.05) is 43.5 Å². The van der Waals surface area contributed by atoms with E-state index in [0.29, 0.717) is 5.82 Å². The molecule has 0 saturated carbocycles.